The van der Waals surface area contributed by atoms with Crippen molar-refractivity contribution >= 4 is 17.7 Å². The van der Waals surface area contributed by atoms with Gasteiger partial charge < -0.3 is 19.9 Å². The molecule has 3 rings (SSSR count). The summed E-state index contributed by atoms with van der Waals surface area (Å²) in [5, 5.41) is 2.66. The highest BCUT2D eigenvalue weighted by Gasteiger charge is 2.44. The molecule has 3 atom stereocenters. The minimum atomic E-state index is -0.588. The van der Waals surface area contributed by atoms with Crippen molar-refractivity contribution in [1.82, 2.24) is 15.1 Å². The molecule has 2 heterocycles. The lowest BCUT2D eigenvalue weighted by Gasteiger charge is -2.38. The Bertz CT molecular complexity index is 720. The molecule has 26 heavy (non-hydrogen) atoms. The largest absolute Gasteiger partial charge is 0.380 e. The zero-order valence-electron chi connectivity index (χ0n) is 15.4. The molecule has 1 N–H and O–H groups in total. The van der Waals surface area contributed by atoms with E-state index in [1.165, 1.54) is 6.92 Å². The molecule has 0 spiro atoms. The van der Waals surface area contributed by atoms with Gasteiger partial charge in [0.1, 0.15) is 12.1 Å². The fourth-order valence-electron chi connectivity index (χ4n) is 3.90. The van der Waals surface area contributed by atoms with Crippen LogP contribution < -0.4 is 5.32 Å². The molecule has 0 aliphatic carbocycles. The highest BCUT2D eigenvalue weighted by atomic mass is 16.5. The van der Waals surface area contributed by atoms with E-state index in [1.54, 1.807) is 24.0 Å². The quantitative estimate of drug-likeness (QED) is 0.843. The molecule has 0 saturated carbocycles. The monoisotopic (exact) mass is 359 g/mol. The van der Waals surface area contributed by atoms with Crippen LogP contribution in [-0.4, -0.2) is 66.4 Å². The lowest BCUT2D eigenvalue weighted by atomic mass is 9.92. The van der Waals surface area contributed by atoms with Crippen LogP contribution in [0.25, 0.3) is 0 Å². The molecule has 3 amide bonds. The second-order valence-electron chi connectivity index (χ2n) is 6.85. The number of nitrogens with one attached hydrogen (secondary N) is 1. The normalized spacial score (nSPS) is 25.0. The highest BCUT2D eigenvalue weighted by molar-refractivity contribution is 5.92. The lowest BCUT2D eigenvalue weighted by molar-refractivity contribution is -0.148. The van der Waals surface area contributed by atoms with Gasteiger partial charge in [0.25, 0.3) is 0 Å². The van der Waals surface area contributed by atoms with Gasteiger partial charge in [-0.15, -0.1) is 0 Å². The zero-order valence-corrected chi connectivity index (χ0v) is 15.4. The Balaban J connectivity index is 1.90. The molecule has 0 aromatic heterocycles. The van der Waals surface area contributed by atoms with Crippen LogP contribution in [0.4, 0.5) is 0 Å². The summed E-state index contributed by atoms with van der Waals surface area (Å²) >= 11 is 0. The highest BCUT2D eigenvalue weighted by Crippen LogP contribution is 2.28. The smallest absolute Gasteiger partial charge is 0.246 e. The first kappa shape index (κ1) is 18.4. The Hall–Kier alpha value is -2.41. The zero-order chi connectivity index (χ0) is 18.8. The first-order valence-corrected chi connectivity index (χ1v) is 8.85. The fourth-order valence-corrected chi connectivity index (χ4v) is 3.90. The van der Waals surface area contributed by atoms with Crippen molar-refractivity contribution < 1.29 is 19.1 Å². The second kappa shape index (κ2) is 7.45. The number of amides is 3. The van der Waals surface area contributed by atoms with Crippen molar-refractivity contribution in [1.29, 1.82) is 0 Å². The SMILES string of the molecule is CNC(=O)[C@@H]1Cc2ccccc2CN1C(=O)[C@H]1C[C@H](OC)CN1C(C)=O. The molecule has 0 bridgehead atoms. The van der Waals surface area contributed by atoms with Crippen LogP contribution in [0.15, 0.2) is 24.3 Å². The third kappa shape index (κ3) is 3.31. The average molecular weight is 359 g/mol. The number of hydrogen-bond donors (Lipinski definition) is 1. The number of carbonyl (C=O) groups excluding carboxylic acids is 3. The van der Waals surface area contributed by atoms with E-state index in [1.807, 2.05) is 24.3 Å². The summed E-state index contributed by atoms with van der Waals surface area (Å²) in [6.07, 6.45) is 0.763. The summed E-state index contributed by atoms with van der Waals surface area (Å²) in [4.78, 5) is 40.9. The predicted molar refractivity (Wildman–Crippen MR) is 95.1 cm³/mol. The number of ether oxygens (including phenoxy) is 1. The number of carbonyl (C=O) groups is 3. The number of hydrogen-bond acceptors (Lipinski definition) is 4. The van der Waals surface area contributed by atoms with Crippen molar-refractivity contribution in [2.24, 2.45) is 0 Å². The average Bonchev–Trinajstić information content (AvgIpc) is 3.10. The number of rotatable bonds is 3. The summed E-state index contributed by atoms with van der Waals surface area (Å²) in [7, 11) is 3.16. The maximum Gasteiger partial charge on any atom is 0.246 e. The number of likely N-dealkylation sites (N-methyl/N-ethyl adjacent to an activating group) is 1. The summed E-state index contributed by atoms with van der Waals surface area (Å²) in [6.45, 7) is 2.23. The molecule has 140 valence electrons. The van der Waals surface area contributed by atoms with Crippen LogP contribution in [0.3, 0.4) is 0 Å². The van der Waals surface area contributed by atoms with Gasteiger partial charge in [0.15, 0.2) is 0 Å². The van der Waals surface area contributed by atoms with E-state index in [0.29, 0.717) is 25.9 Å². The summed E-state index contributed by atoms with van der Waals surface area (Å²) in [6, 6.07) is 6.68. The summed E-state index contributed by atoms with van der Waals surface area (Å²) in [5.74, 6) is -0.539. The molecule has 0 unspecified atom stereocenters. The molecule has 7 nitrogen and oxygen atoms in total. The van der Waals surface area contributed by atoms with E-state index < -0.39 is 12.1 Å². The lowest BCUT2D eigenvalue weighted by Crippen LogP contribution is -2.56. The molecule has 2 aliphatic heterocycles. The summed E-state index contributed by atoms with van der Waals surface area (Å²) < 4.78 is 5.37. The summed E-state index contributed by atoms with van der Waals surface area (Å²) in [5.41, 5.74) is 2.12. The van der Waals surface area contributed by atoms with Crippen LogP contribution in [0.1, 0.15) is 24.5 Å². The molecule has 0 radical (unpaired) electrons. The van der Waals surface area contributed by atoms with E-state index in [-0.39, 0.29) is 23.8 Å². The molecule has 1 aromatic carbocycles. The van der Waals surface area contributed by atoms with Gasteiger partial charge in [-0.2, -0.15) is 0 Å². The maximum absolute atomic E-state index is 13.3. The van der Waals surface area contributed by atoms with Crippen molar-refractivity contribution in [3.05, 3.63) is 35.4 Å². The third-order valence-corrected chi connectivity index (χ3v) is 5.37. The van der Waals surface area contributed by atoms with Crippen molar-refractivity contribution in [3.63, 3.8) is 0 Å². The minimum Gasteiger partial charge on any atom is -0.380 e. The minimum absolute atomic E-state index is 0.156. The Morgan fingerprint density at radius 2 is 1.81 bits per heavy atom. The van der Waals surface area contributed by atoms with Crippen molar-refractivity contribution in [3.8, 4) is 0 Å². The van der Waals surface area contributed by atoms with Gasteiger partial charge in [-0.05, 0) is 11.1 Å². The van der Waals surface area contributed by atoms with E-state index in [0.717, 1.165) is 11.1 Å². The topological polar surface area (TPSA) is 79.0 Å². The molecular weight excluding hydrogens is 334 g/mol. The van der Waals surface area contributed by atoms with Crippen LogP contribution in [-0.2, 0) is 32.1 Å². The Morgan fingerprint density at radius 1 is 1.12 bits per heavy atom. The number of nitrogens with zero attached hydrogens (tertiary/aromatic N) is 2. The van der Waals surface area contributed by atoms with E-state index in [2.05, 4.69) is 5.32 Å². The van der Waals surface area contributed by atoms with Gasteiger partial charge in [-0.25, -0.2) is 0 Å². The fraction of sp³-hybridized carbons (Fsp3) is 0.526. The Kier molecular flexibility index (Phi) is 5.27. The van der Waals surface area contributed by atoms with E-state index in [9.17, 15) is 14.4 Å². The molecule has 1 saturated heterocycles. The number of benzene rings is 1. The first-order chi connectivity index (χ1) is 12.5. The van der Waals surface area contributed by atoms with Crippen LogP contribution in [0.2, 0.25) is 0 Å². The van der Waals surface area contributed by atoms with Crippen LogP contribution in [0.5, 0.6) is 0 Å². The number of methoxy groups -OCH3 is 1. The maximum atomic E-state index is 13.3. The van der Waals surface area contributed by atoms with Crippen LogP contribution >= 0.6 is 0 Å². The van der Waals surface area contributed by atoms with Crippen LogP contribution in [0, 0.1) is 0 Å². The third-order valence-electron chi connectivity index (χ3n) is 5.37. The number of fused-ring (bicyclic) bond motifs is 1. The van der Waals surface area contributed by atoms with Gasteiger partial charge >= 0.3 is 0 Å². The Morgan fingerprint density at radius 3 is 2.42 bits per heavy atom. The van der Waals surface area contributed by atoms with E-state index >= 15 is 0 Å². The predicted octanol–water partition coefficient (Wildman–Crippen LogP) is 0.322. The van der Waals surface area contributed by atoms with Gasteiger partial charge in [0, 0.05) is 47.0 Å². The molecular formula is C19H25N3O4. The van der Waals surface area contributed by atoms with E-state index in [4.69, 9.17) is 4.74 Å². The molecule has 2 aliphatic rings. The molecule has 1 aromatic rings. The standard InChI is InChI=1S/C19H25N3O4/c1-12(23)21-11-15(26-3)9-17(21)19(25)22-10-14-7-5-4-6-13(14)8-16(22)18(24)20-2/h4-7,15-17H,8-11H2,1-3H3,(H,20,24)/t15-,16-,17+/m0/s1. The van der Waals surface area contributed by atoms with Gasteiger partial charge in [-0.1, -0.05) is 24.3 Å². The second-order valence-corrected chi connectivity index (χ2v) is 6.85. The van der Waals surface area contributed by atoms with Gasteiger partial charge in [-0.3, -0.25) is 14.4 Å². The van der Waals surface area contributed by atoms with Gasteiger partial charge in [0.05, 0.1) is 6.10 Å². The molecule has 1 fully saturated rings. The Labute approximate surface area is 153 Å². The number of likely N-dealkylation sites (tertiary alicyclic amines) is 1. The molecule has 7 heteroatoms. The van der Waals surface area contributed by atoms with Gasteiger partial charge in [0.2, 0.25) is 17.7 Å². The van der Waals surface area contributed by atoms with Crippen molar-refractivity contribution in [2.75, 3.05) is 20.7 Å². The van der Waals surface area contributed by atoms with Crippen molar-refractivity contribution in [2.45, 2.75) is 44.5 Å². The first-order valence-electron chi connectivity index (χ1n) is 8.85.